The van der Waals surface area contributed by atoms with Crippen molar-refractivity contribution in [1.29, 1.82) is 0 Å². The summed E-state index contributed by atoms with van der Waals surface area (Å²) in [7, 11) is 0. The lowest BCUT2D eigenvalue weighted by molar-refractivity contribution is 0.445. The van der Waals surface area contributed by atoms with Gasteiger partial charge in [-0.1, -0.05) is 0 Å². The van der Waals surface area contributed by atoms with Crippen molar-refractivity contribution in [2.75, 3.05) is 0 Å². The molecule has 2 aromatic rings. The van der Waals surface area contributed by atoms with Gasteiger partial charge in [0.1, 0.15) is 23.0 Å². The first-order valence-corrected chi connectivity index (χ1v) is 6.64. The van der Waals surface area contributed by atoms with E-state index in [9.17, 15) is 20.4 Å². The van der Waals surface area contributed by atoms with Crippen molar-refractivity contribution < 1.29 is 20.4 Å². The van der Waals surface area contributed by atoms with E-state index in [1.165, 1.54) is 12.1 Å². The zero-order chi connectivity index (χ0) is 14.0. The summed E-state index contributed by atoms with van der Waals surface area (Å²) in [4.78, 5) is 0. The molecule has 2 unspecified atom stereocenters. The third kappa shape index (κ3) is 1.36. The van der Waals surface area contributed by atoms with Gasteiger partial charge in [-0.3, -0.25) is 0 Å². The van der Waals surface area contributed by atoms with Crippen molar-refractivity contribution >= 4 is 0 Å². The highest BCUT2D eigenvalue weighted by atomic mass is 16.3. The van der Waals surface area contributed by atoms with Gasteiger partial charge in [-0.15, -0.1) is 0 Å². The Bertz CT molecular complexity index is 672. The predicted octanol–water partition coefficient (Wildman–Crippen LogP) is 2.49. The van der Waals surface area contributed by atoms with Crippen LogP contribution in [0, 0.1) is 0 Å². The molecule has 0 amide bonds. The normalized spacial score (nSPS) is 22.4. The first-order chi connectivity index (χ1) is 9.54. The fraction of sp³-hybridized carbons (Fsp3) is 0.250. The van der Waals surface area contributed by atoms with Crippen LogP contribution in [-0.2, 0) is 12.8 Å². The summed E-state index contributed by atoms with van der Waals surface area (Å²) in [5.74, 6) is 0.659. The molecule has 102 valence electrons. The number of rotatable bonds is 0. The van der Waals surface area contributed by atoms with Crippen molar-refractivity contribution in [3.63, 3.8) is 0 Å². The summed E-state index contributed by atoms with van der Waals surface area (Å²) < 4.78 is 0. The van der Waals surface area contributed by atoms with Gasteiger partial charge in [-0.25, -0.2) is 0 Å². The van der Waals surface area contributed by atoms with Crippen LogP contribution in [-0.4, -0.2) is 20.4 Å². The number of phenols is 4. The average Bonchev–Trinajstić information content (AvgIpc) is 2.87. The van der Waals surface area contributed by atoms with Crippen molar-refractivity contribution in [3.8, 4) is 23.0 Å². The van der Waals surface area contributed by atoms with Gasteiger partial charge in [0.25, 0.3) is 0 Å². The molecule has 20 heavy (non-hydrogen) atoms. The van der Waals surface area contributed by atoms with E-state index in [0.29, 0.717) is 12.8 Å². The summed E-state index contributed by atoms with van der Waals surface area (Å²) >= 11 is 0. The molecule has 0 radical (unpaired) electrons. The zero-order valence-electron chi connectivity index (χ0n) is 10.7. The number of fused-ring (bicyclic) bond motifs is 5. The van der Waals surface area contributed by atoms with E-state index in [1.54, 1.807) is 12.1 Å². The Kier molecular flexibility index (Phi) is 2.06. The van der Waals surface area contributed by atoms with Gasteiger partial charge in [0.05, 0.1) is 0 Å². The molecule has 0 fully saturated rings. The minimum Gasteiger partial charge on any atom is -0.508 e. The zero-order valence-corrected chi connectivity index (χ0v) is 10.7. The summed E-state index contributed by atoms with van der Waals surface area (Å²) in [5.41, 5.74) is 3.63. The third-order valence-corrected chi connectivity index (χ3v) is 4.62. The van der Waals surface area contributed by atoms with E-state index in [2.05, 4.69) is 0 Å². The lowest BCUT2D eigenvalue weighted by Gasteiger charge is -2.10. The molecule has 2 aliphatic carbocycles. The Morgan fingerprint density at radius 3 is 1.45 bits per heavy atom. The maximum absolute atomic E-state index is 9.97. The van der Waals surface area contributed by atoms with Gasteiger partial charge >= 0.3 is 0 Å². The summed E-state index contributed by atoms with van der Waals surface area (Å²) in [6, 6.07) is 6.12. The first-order valence-electron chi connectivity index (χ1n) is 6.64. The molecule has 4 nitrogen and oxygen atoms in total. The van der Waals surface area contributed by atoms with Crippen molar-refractivity contribution in [3.05, 3.63) is 46.5 Å². The fourth-order valence-corrected chi connectivity index (χ4v) is 3.81. The molecule has 0 aliphatic heterocycles. The third-order valence-electron chi connectivity index (χ3n) is 4.62. The quantitative estimate of drug-likeness (QED) is 0.593. The van der Waals surface area contributed by atoms with E-state index in [4.69, 9.17) is 0 Å². The Balaban J connectivity index is 1.87. The molecule has 0 saturated carbocycles. The van der Waals surface area contributed by atoms with Gasteiger partial charge < -0.3 is 20.4 Å². The van der Waals surface area contributed by atoms with E-state index >= 15 is 0 Å². The molecular formula is C16H14O4. The number of hydrogen-bond acceptors (Lipinski definition) is 4. The molecule has 2 aliphatic rings. The van der Waals surface area contributed by atoms with Gasteiger partial charge in [0, 0.05) is 12.1 Å². The maximum Gasteiger partial charge on any atom is 0.122 e. The van der Waals surface area contributed by atoms with Crippen LogP contribution in [0.5, 0.6) is 23.0 Å². The average molecular weight is 270 g/mol. The molecule has 0 spiro atoms. The smallest absolute Gasteiger partial charge is 0.122 e. The van der Waals surface area contributed by atoms with Gasteiger partial charge in [-0.05, 0) is 59.1 Å². The van der Waals surface area contributed by atoms with Crippen LogP contribution < -0.4 is 0 Å². The predicted molar refractivity (Wildman–Crippen MR) is 72.4 cm³/mol. The SMILES string of the molecule is Oc1cc(O)c2c(c1)C1Cc3c(O)cc(O)cc3C1C2. The second-order valence-electron chi connectivity index (χ2n) is 5.69. The Hall–Kier alpha value is -2.36. The molecule has 0 heterocycles. The Morgan fingerprint density at radius 1 is 0.650 bits per heavy atom. The number of phenolic OH excluding ortho intramolecular Hbond substituents is 4. The monoisotopic (exact) mass is 270 g/mol. The maximum atomic E-state index is 9.97. The van der Waals surface area contributed by atoms with Crippen LogP contribution in [0.1, 0.15) is 34.1 Å². The fourth-order valence-electron chi connectivity index (χ4n) is 3.81. The lowest BCUT2D eigenvalue weighted by Crippen LogP contribution is -1.98. The van der Waals surface area contributed by atoms with E-state index in [0.717, 1.165) is 22.3 Å². The second kappa shape index (κ2) is 3.60. The van der Waals surface area contributed by atoms with E-state index in [1.807, 2.05) is 0 Å². The molecule has 0 saturated heterocycles. The summed E-state index contributed by atoms with van der Waals surface area (Å²) in [6.45, 7) is 0. The molecule has 2 aromatic carbocycles. The molecule has 0 aromatic heterocycles. The highest BCUT2D eigenvalue weighted by molar-refractivity contribution is 5.59. The first kappa shape index (κ1) is 11.5. The van der Waals surface area contributed by atoms with E-state index in [-0.39, 0.29) is 34.8 Å². The Morgan fingerprint density at radius 2 is 1.05 bits per heavy atom. The molecular weight excluding hydrogens is 256 g/mol. The lowest BCUT2D eigenvalue weighted by atomic mass is 9.93. The second-order valence-corrected chi connectivity index (χ2v) is 5.69. The highest BCUT2D eigenvalue weighted by Crippen LogP contribution is 2.56. The van der Waals surface area contributed by atoms with Crippen LogP contribution in [0.15, 0.2) is 24.3 Å². The number of benzene rings is 2. The molecule has 4 N–H and O–H groups in total. The van der Waals surface area contributed by atoms with Crippen molar-refractivity contribution in [1.82, 2.24) is 0 Å². The molecule has 2 atom stereocenters. The molecule has 0 bridgehead atoms. The van der Waals surface area contributed by atoms with Crippen molar-refractivity contribution in [2.24, 2.45) is 0 Å². The Labute approximate surface area is 115 Å². The van der Waals surface area contributed by atoms with Crippen LogP contribution in [0.2, 0.25) is 0 Å². The van der Waals surface area contributed by atoms with Gasteiger partial charge in [-0.2, -0.15) is 0 Å². The minimum atomic E-state index is 0.0601. The van der Waals surface area contributed by atoms with Crippen LogP contribution in [0.25, 0.3) is 0 Å². The minimum absolute atomic E-state index is 0.0601. The largest absolute Gasteiger partial charge is 0.508 e. The van der Waals surface area contributed by atoms with Crippen LogP contribution in [0.4, 0.5) is 0 Å². The van der Waals surface area contributed by atoms with Crippen LogP contribution >= 0.6 is 0 Å². The molecule has 4 heteroatoms. The number of hydrogen-bond donors (Lipinski definition) is 4. The van der Waals surface area contributed by atoms with Crippen molar-refractivity contribution in [2.45, 2.75) is 24.7 Å². The van der Waals surface area contributed by atoms with Gasteiger partial charge in [0.15, 0.2) is 0 Å². The summed E-state index contributed by atoms with van der Waals surface area (Å²) in [5, 5.41) is 39.3. The topological polar surface area (TPSA) is 80.9 Å². The molecule has 4 rings (SSSR count). The van der Waals surface area contributed by atoms with Crippen LogP contribution in [0.3, 0.4) is 0 Å². The van der Waals surface area contributed by atoms with Gasteiger partial charge in [0.2, 0.25) is 0 Å². The number of aromatic hydroxyl groups is 4. The highest BCUT2D eigenvalue weighted by Gasteiger charge is 2.42. The van der Waals surface area contributed by atoms with E-state index < -0.39 is 0 Å². The standard InChI is InChI=1S/C16H14O4/c17-7-1-9-11-5-14-10(2-8(18)4-16(14)20)12(11)6-13(9)15(19)3-7/h1-4,11-12,17-20H,5-6H2. The summed E-state index contributed by atoms with van der Waals surface area (Å²) in [6.07, 6.45) is 1.34.